The third kappa shape index (κ3) is 4.92. The number of carboxylic acid groups (broad SMARTS) is 1. The highest BCUT2D eigenvalue weighted by molar-refractivity contribution is 5.82. The van der Waals surface area contributed by atoms with E-state index in [-0.39, 0.29) is 6.54 Å². The lowest BCUT2D eigenvalue weighted by Crippen LogP contribution is -2.51. The number of nitrogens with one attached hydrogen (secondary N) is 2. The van der Waals surface area contributed by atoms with Crippen LogP contribution in [0.4, 0.5) is 4.79 Å². The van der Waals surface area contributed by atoms with Crippen LogP contribution < -0.4 is 10.6 Å². The lowest BCUT2D eigenvalue weighted by molar-refractivity contribution is -0.141. The van der Waals surface area contributed by atoms with Crippen molar-refractivity contribution in [1.82, 2.24) is 20.8 Å². The smallest absolute Gasteiger partial charge is 0.328 e. The van der Waals surface area contributed by atoms with Crippen LogP contribution in [0.5, 0.6) is 0 Å². The zero-order chi connectivity index (χ0) is 14.4. The number of aromatic nitrogens is 2. The molecule has 0 fully saturated rings. The van der Waals surface area contributed by atoms with Gasteiger partial charge >= 0.3 is 12.0 Å². The molecule has 1 aromatic rings. The first-order valence-corrected chi connectivity index (χ1v) is 5.64. The lowest BCUT2D eigenvalue weighted by Gasteiger charge is -2.17. The van der Waals surface area contributed by atoms with Crippen molar-refractivity contribution in [3.8, 4) is 0 Å². The number of carbonyl (C=O) groups excluding carboxylic acids is 1. The molecule has 0 bridgehead atoms. The van der Waals surface area contributed by atoms with Gasteiger partial charge in [-0.1, -0.05) is 5.16 Å². The van der Waals surface area contributed by atoms with Gasteiger partial charge in [0.25, 0.3) is 0 Å². The van der Waals surface area contributed by atoms with Crippen molar-refractivity contribution in [2.24, 2.45) is 0 Å². The van der Waals surface area contributed by atoms with Crippen LogP contribution in [0.3, 0.4) is 0 Å². The summed E-state index contributed by atoms with van der Waals surface area (Å²) in [7, 11) is 0. The lowest BCUT2D eigenvalue weighted by atomic mass is 10.2. The Morgan fingerprint density at radius 1 is 1.47 bits per heavy atom. The minimum atomic E-state index is -1.35. The van der Waals surface area contributed by atoms with E-state index in [1.54, 1.807) is 6.92 Å². The van der Waals surface area contributed by atoms with Crippen molar-refractivity contribution in [2.45, 2.75) is 32.4 Å². The first-order chi connectivity index (χ1) is 8.90. The van der Waals surface area contributed by atoms with Gasteiger partial charge in [0.15, 0.2) is 11.9 Å². The molecule has 9 heteroatoms. The Bertz CT molecular complexity index is 445. The predicted molar refractivity (Wildman–Crippen MR) is 62.4 cm³/mol. The van der Waals surface area contributed by atoms with Gasteiger partial charge in [-0.05, 0) is 6.92 Å². The summed E-state index contributed by atoms with van der Waals surface area (Å²) in [5.74, 6) is -0.429. The summed E-state index contributed by atoms with van der Waals surface area (Å²) in [4.78, 5) is 26.1. The number of aliphatic hydroxyl groups excluding tert-OH is 1. The van der Waals surface area contributed by atoms with Gasteiger partial charge in [0, 0.05) is 19.9 Å². The van der Waals surface area contributed by atoms with Crippen LogP contribution in [-0.4, -0.2) is 51.0 Å². The number of urea groups is 1. The molecule has 0 spiro atoms. The first kappa shape index (κ1) is 14.9. The summed E-state index contributed by atoms with van der Waals surface area (Å²) in [6.07, 6.45) is -0.833. The first-order valence-electron chi connectivity index (χ1n) is 5.64. The highest BCUT2D eigenvalue weighted by Crippen LogP contribution is 1.95. The van der Waals surface area contributed by atoms with Crippen LogP contribution in [-0.2, 0) is 11.2 Å². The zero-order valence-electron chi connectivity index (χ0n) is 10.6. The number of hydrogen-bond acceptors (Lipinski definition) is 6. The third-order valence-corrected chi connectivity index (χ3v) is 2.24. The summed E-state index contributed by atoms with van der Waals surface area (Å²) in [5, 5.41) is 26.2. The van der Waals surface area contributed by atoms with E-state index in [0.29, 0.717) is 18.1 Å². The number of aryl methyl sites for hydroxylation is 1. The second kappa shape index (κ2) is 6.69. The van der Waals surface area contributed by atoms with E-state index in [2.05, 4.69) is 20.8 Å². The molecule has 2 amide bonds. The van der Waals surface area contributed by atoms with E-state index < -0.39 is 24.1 Å². The van der Waals surface area contributed by atoms with Crippen molar-refractivity contribution in [1.29, 1.82) is 0 Å². The fourth-order valence-corrected chi connectivity index (χ4v) is 1.31. The molecule has 0 unspecified atom stereocenters. The summed E-state index contributed by atoms with van der Waals surface area (Å²) in [6, 6.07) is -2.04. The Hall–Kier alpha value is -2.16. The van der Waals surface area contributed by atoms with Gasteiger partial charge in [-0.3, -0.25) is 0 Å². The monoisotopic (exact) mass is 272 g/mol. The van der Waals surface area contributed by atoms with Gasteiger partial charge < -0.3 is 25.4 Å². The molecule has 1 rings (SSSR count). The molecular weight excluding hydrogens is 256 g/mol. The highest BCUT2D eigenvalue weighted by atomic mass is 16.5. The van der Waals surface area contributed by atoms with Crippen LogP contribution in [0.1, 0.15) is 18.6 Å². The van der Waals surface area contributed by atoms with E-state index >= 15 is 0 Å². The van der Waals surface area contributed by atoms with E-state index in [4.69, 9.17) is 9.63 Å². The van der Waals surface area contributed by atoms with E-state index in [1.807, 2.05) is 0 Å². The zero-order valence-corrected chi connectivity index (χ0v) is 10.6. The molecule has 0 aromatic carbocycles. The van der Waals surface area contributed by atoms with Crippen LogP contribution in [0.25, 0.3) is 0 Å². The van der Waals surface area contributed by atoms with Crippen LogP contribution in [0, 0.1) is 6.92 Å². The number of carbonyl (C=O) groups is 2. The number of aliphatic carboxylic acids is 1. The fourth-order valence-electron chi connectivity index (χ4n) is 1.31. The molecule has 4 N–H and O–H groups in total. The maximum absolute atomic E-state index is 11.4. The summed E-state index contributed by atoms with van der Waals surface area (Å²) < 4.78 is 4.75. The Balaban J connectivity index is 2.33. The quantitative estimate of drug-likeness (QED) is 0.524. The van der Waals surface area contributed by atoms with Gasteiger partial charge in [0.05, 0.1) is 6.10 Å². The summed E-state index contributed by atoms with van der Waals surface area (Å²) >= 11 is 0. The molecule has 106 valence electrons. The molecule has 2 atom stereocenters. The third-order valence-electron chi connectivity index (χ3n) is 2.24. The van der Waals surface area contributed by atoms with E-state index in [9.17, 15) is 14.7 Å². The molecule has 0 radical (unpaired) electrons. The Kier molecular flexibility index (Phi) is 5.24. The molecule has 0 aliphatic heterocycles. The maximum atomic E-state index is 11.4. The fraction of sp³-hybridized carbons (Fsp3) is 0.600. The minimum Gasteiger partial charge on any atom is -0.480 e. The molecule has 0 aliphatic rings. The molecule has 0 aliphatic carbocycles. The van der Waals surface area contributed by atoms with Crippen molar-refractivity contribution < 1.29 is 24.3 Å². The average Bonchev–Trinajstić information content (AvgIpc) is 2.71. The van der Waals surface area contributed by atoms with E-state index in [0.717, 1.165) is 0 Å². The van der Waals surface area contributed by atoms with Crippen molar-refractivity contribution in [2.75, 3.05) is 6.54 Å². The van der Waals surface area contributed by atoms with E-state index in [1.165, 1.54) is 6.92 Å². The summed E-state index contributed by atoms with van der Waals surface area (Å²) in [5.41, 5.74) is 0. The van der Waals surface area contributed by atoms with Crippen LogP contribution in [0.15, 0.2) is 4.52 Å². The number of aliphatic hydroxyl groups is 1. The van der Waals surface area contributed by atoms with Crippen LogP contribution in [0.2, 0.25) is 0 Å². The average molecular weight is 272 g/mol. The second-order valence-electron chi connectivity index (χ2n) is 3.94. The predicted octanol–water partition coefficient (Wildman–Crippen LogP) is -0.946. The molecule has 0 saturated carbocycles. The van der Waals surface area contributed by atoms with Crippen LogP contribution >= 0.6 is 0 Å². The van der Waals surface area contributed by atoms with Crippen molar-refractivity contribution >= 4 is 12.0 Å². The number of hydrogen-bond donors (Lipinski definition) is 4. The Morgan fingerprint density at radius 3 is 2.63 bits per heavy atom. The largest absolute Gasteiger partial charge is 0.480 e. The summed E-state index contributed by atoms with van der Waals surface area (Å²) in [6.45, 7) is 3.15. The number of nitrogens with zero attached hydrogens (tertiary/aromatic N) is 2. The van der Waals surface area contributed by atoms with Gasteiger partial charge in [-0.25, -0.2) is 9.59 Å². The van der Waals surface area contributed by atoms with Gasteiger partial charge in [-0.15, -0.1) is 0 Å². The Labute approximate surface area is 109 Å². The normalized spacial score (nSPS) is 13.6. The topological polar surface area (TPSA) is 138 Å². The van der Waals surface area contributed by atoms with Gasteiger partial charge in [0.1, 0.15) is 0 Å². The molecule has 9 nitrogen and oxygen atoms in total. The standard InChI is InChI=1S/C10H16N4O5/c1-5(15)8(9(16)17)13-10(18)11-4-3-7-12-6(2)19-14-7/h5,8,15H,3-4H2,1-2H3,(H,16,17)(H2,11,13,18)/t5-,8+/m1/s1. The molecule has 19 heavy (non-hydrogen) atoms. The molecule has 1 aromatic heterocycles. The maximum Gasteiger partial charge on any atom is 0.328 e. The molecule has 0 saturated heterocycles. The number of amides is 2. The molecule has 1 heterocycles. The van der Waals surface area contributed by atoms with Crippen molar-refractivity contribution in [3.63, 3.8) is 0 Å². The number of rotatable bonds is 6. The highest BCUT2D eigenvalue weighted by Gasteiger charge is 2.24. The van der Waals surface area contributed by atoms with Gasteiger partial charge in [0.2, 0.25) is 5.89 Å². The minimum absolute atomic E-state index is 0.219. The van der Waals surface area contributed by atoms with Gasteiger partial charge in [-0.2, -0.15) is 4.98 Å². The molecular formula is C10H16N4O5. The second-order valence-corrected chi connectivity index (χ2v) is 3.94. The Morgan fingerprint density at radius 2 is 2.16 bits per heavy atom. The SMILES string of the molecule is Cc1nc(CCNC(=O)N[C@H](C(=O)O)[C@@H](C)O)no1. The number of carboxylic acids is 1. The van der Waals surface area contributed by atoms with Crippen molar-refractivity contribution in [3.05, 3.63) is 11.7 Å².